The molecule has 0 nitrogen and oxygen atoms in total. The Morgan fingerprint density at radius 1 is 0.938 bits per heavy atom. The summed E-state index contributed by atoms with van der Waals surface area (Å²) in [5, 5.41) is 2.59. The minimum Gasteiger partial charge on any atom is -0.128 e. The molecule has 0 aliphatic rings. The van der Waals surface area contributed by atoms with Gasteiger partial charge in [0.1, 0.15) is 0 Å². The highest BCUT2D eigenvalue weighted by atomic mass is 32.2. The molecule has 0 heterocycles. The number of thioether (sulfide) groups is 2. The fourth-order valence-electron chi connectivity index (χ4n) is 1.72. The van der Waals surface area contributed by atoms with Crippen molar-refractivity contribution in [3.05, 3.63) is 42.5 Å². The summed E-state index contributed by atoms with van der Waals surface area (Å²) in [4.78, 5) is 2.70. The molecule has 0 fully saturated rings. The monoisotopic (exact) mass is 246 g/mol. The van der Waals surface area contributed by atoms with Gasteiger partial charge in [0, 0.05) is 9.79 Å². The van der Waals surface area contributed by atoms with E-state index in [1.165, 1.54) is 26.1 Å². The first kappa shape index (κ1) is 11.6. The molecule has 2 aromatic rings. The number of benzene rings is 2. The molecule has 0 N–H and O–H groups in total. The van der Waals surface area contributed by atoms with Gasteiger partial charge in [-0.15, -0.1) is 23.5 Å². The van der Waals surface area contributed by atoms with Crippen LogP contribution in [0.4, 0.5) is 0 Å². The second-order valence-corrected chi connectivity index (χ2v) is 5.21. The molecular formula is C14H14S2. The molecule has 0 unspecified atom stereocenters. The lowest BCUT2D eigenvalue weighted by Gasteiger charge is -2.07. The largest absolute Gasteiger partial charge is 0.128 e. The van der Waals surface area contributed by atoms with Crippen LogP contribution in [0.5, 0.6) is 0 Å². The molecule has 0 saturated heterocycles. The number of fused-ring (bicyclic) bond motifs is 1. The molecule has 0 bridgehead atoms. The van der Waals surface area contributed by atoms with Crippen LogP contribution in [0.1, 0.15) is 5.56 Å². The van der Waals surface area contributed by atoms with Gasteiger partial charge in [-0.1, -0.05) is 24.8 Å². The Labute approximate surface area is 105 Å². The maximum atomic E-state index is 3.80. The highest BCUT2D eigenvalue weighted by Crippen LogP contribution is 2.32. The molecular weight excluding hydrogens is 232 g/mol. The zero-order valence-electron chi connectivity index (χ0n) is 9.49. The highest BCUT2D eigenvalue weighted by molar-refractivity contribution is 8.01. The smallest absolute Gasteiger partial charge is 0.0211 e. The molecule has 82 valence electrons. The van der Waals surface area contributed by atoms with Crippen molar-refractivity contribution in [2.24, 2.45) is 0 Å². The van der Waals surface area contributed by atoms with Crippen molar-refractivity contribution in [3.63, 3.8) is 0 Å². The first-order chi connectivity index (χ1) is 7.78. The van der Waals surface area contributed by atoms with Crippen molar-refractivity contribution >= 4 is 40.4 Å². The first-order valence-corrected chi connectivity index (χ1v) is 7.51. The molecule has 0 aliphatic heterocycles. The molecule has 0 aliphatic carbocycles. The topological polar surface area (TPSA) is 0 Å². The summed E-state index contributed by atoms with van der Waals surface area (Å²) >= 11 is 3.61. The fraction of sp³-hybridized carbons (Fsp3) is 0.143. The number of rotatable bonds is 3. The van der Waals surface area contributed by atoms with Crippen molar-refractivity contribution < 1.29 is 0 Å². The summed E-state index contributed by atoms with van der Waals surface area (Å²) in [6.07, 6.45) is 6.14. The van der Waals surface area contributed by atoms with Crippen LogP contribution >= 0.6 is 23.5 Å². The van der Waals surface area contributed by atoms with Crippen LogP contribution in [0.25, 0.3) is 16.8 Å². The zero-order chi connectivity index (χ0) is 11.5. The molecule has 0 atom stereocenters. The van der Waals surface area contributed by atoms with E-state index in [4.69, 9.17) is 0 Å². The standard InChI is InChI=1S/C14H14S2/c1-4-10-5-6-11-8-13(15-2)14(16-3)9-12(11)7-10/h4-9H,1H2,2-3H3. The molecule has 0 spiro atoms. The van der Waals surface area contributed by atoms with Gasteiger partial charge < -0.3 is 0 Å². The van der Waals surface area contributed by atoms with Crippen LogP contribution in [0.2, 0.25) is 0 Å². The Balaban J connectivity index is 2.68. The third-order valence-electron chi connectivity index (χ3n) is 2.60. The third kappa shape index (κ3) is 2.13. The van der Waals surface area contributed by atoms with Crippen LogP contribution in [0.3, 0.4) is 0 Å². The van der Waals surface area contributed by atoms with Crippen LogP contribution in [0, 0.1) is 0 Å². The van der Waals surface area contributed by atoms with Gasteiger partial charge in [0.15, 0.2) is 0 Å². The van der Waals surface area contributed by atoms with Gasteiger partial charge >= 0.3 is 0 Å². The average molecular weight is 246 g/mol. The van der Waals surface area contributed by atoms with E-state index >= 15 is 0 Å². The van der Waals surface area contributed by atoms with Gasteiger partial charge in [0.05, 0.1) is 0 Å². The predicted octanol–water partition coefficient (Wildman–Crippen LogP) is 4.93. The van der Waals surface area contributed by atoms with Gasteiger partial charge in [-0.05, 0) is 47.0 Å². The van der Waals surface area contributed by atoms with Gasteiger partial charge in [-0.2, -0.15) is 0 Å². The molecule has 2 aromatic carbocycles. The molecule has 0 radical (unpaired) electrons. The average Bonchev–Trinajstić information content (AvgIpc) is 2.36. The lowest BCUT2D eigenvalue weighted by molar-refractivity contribution is 1.29. The summed E-state index contributed by atoms with van der Waals surface area (Å²) in [7, 11) is 0. The van der Waals surface area contributed by atoms with Gasteiger partial charge in [-0.3, -0.25) is 0 Å². The third-order valence-corrected chi connectivity index (χ3v) is 4.29. The summed E-state index contributed by atoms with van der Waals surface area (Å²) in [6, 6.07) is 11.0. The van der Waals surface area contributed by atoms with Crippen LogP contribution in [-0.4, -0.2) is 12.5 Å². The van der Waals surface area contributed by atoms with Gasteiger partial charge in [0.25, 0.3) is 0 Å². The normalized spacial score (nSPS) is 10.6. The van der Waals surface area contributed by atoms with Gasteiger partial charge in [-0.25, -0.2) is 0 Å². The summed E-state index contributed by atoms with van der Waals surface area (Å²) < 4.78 is 0. The van der Waals surface area contributed by atoms with Crippen LogP contribution in [0.15, 0.2) is 46.7 Å². The Bertz CT molecular complexity index is 529. The molecule has 0 aromatic heterocycles. The zero-order valence-corrected chi connectivity index (χ0v) is 11.1. The minimum atomic E-state index is 1.18. The Kier molecular flexibility index (Phi) is 3.62. The van der Waals surface area contributed by atoms with E-state index in [1.54, 1.807) is 23.5 Å². The Hall–Kier alpha value is -0.860. The van der Waals surface area contributed by atoms with Crippen LogP contribution in [-0.2, 0) is 0 Å². The van der Waals surface area contributed by atoms with E-state index < -0.39 is 0 Å². The van der Waals surface area contributed by atoms with Crippen molar-refractivity contribution in [3.8, 4) is 0 Å². The molecule has 16 heavy (non-hydrogen) atoms. The summed E-state index contributed by atoms with van der Waals surface area (Å²) in [5.41, 5.74) is 1.18. The van der Waals surface area contributed by atoms with E-state index in [1.807, 2.05) is 6.08 Å². The second-order valence-electron chi connectivity index (χ2n) is 3.52. The highest BCUT2D eigenvalue weighted by Gasteiger charge is 2.03. The summed E-state index contributed by atoms with van der Waals surface area (Å²) in [5.74, 6) is 0. The van der Waals surface area contributed by atoms with E-state index in [-0.39, 0.29) is 0 Å². The quantitative estimate of drug-likeness (QED) is 0.704. The number of hydrogen-bond donors (Lipinski definition) is 0. The van der Waals surface area contributed by atoms with E-state index in [0.29, 0.717) is 0 Å². The lowest BCUT2D eigenvalue weighted by Crippen LogP contribution is -1.81. The number of hydrogen-bond acceptors (Lipinski definition) is 2. The minimum absolute atomic E-state index is 1.18. The van der Waals surface area contributed by atoms with Crippen molar-refractivity contribution in [1.82, 2.24) is 0 Å². The van der Waals surface area contributed by atoms with E-state index in [0.717, 1.165) is 0 Å². The molecule has 0 amide bonds. The maximum absolute atomic E-state index is 3.80. The molecule has 2 rings (SSSR count). The van der Waals surface area contributed by atoms with Crippen molar-refractivity contribution in [2.75, 3.05) is 12.5 Å². The first-order valence-electron chi connectivity index (χ1n) is 5.06. The van der Waals surface area contributed by atoms with E-state index in [2.05, 4.69) is 49.4 Å². The molecule has 0 saturated carbocycles. The van der Waals surface area contributed by atoms with Gasteiger partial charge in [0.2, 0.25) is 0 Å². The predicted molar refractivity (Wildman–Crippen MR) is 77.6 cm³/mol. The van der Waals surface area contributed by atoms with Crippen molar-refractivity contribution in [2.45, 2.75) is 9.79 Å². The Morgan fingerprint density at radius 2 is 1.56 bits per heavy atom. The summed E-state index contributed by atoms with van der Waals surface area (Å²) in [6.45, 7) is 3.80. The second kappa shape index (κ2) is 4.98. The SMILES string of the molecule is C=Cc1ccc2cc(SC)c(SC)cc2c1. The van der Waals surface area contributed by atoms with Crippen LogP contribution < -0.4 is 0 Å². The maximum Gasteiger partial charge on any atom is 0.0211 e. The fourth-order valence-corrected chi connectivity index (χ4v) is 3.23. The lowest BCUT2D eigenvalue weighted by atomic mass is 10.1. The molecule has 2 heteroatoms. The van der Waals surface area contributed by atoms with E-state index in [9.17, 15) is 0 Å². The van der Waals surface area contributed by atoms with Crippen molar-refractivity contribution in [1.29, 1.82) is 0 Å². The Morgan fingerprint density at radius 3 is 2.12 bits per heavy atom.